The number of aliphatic hydroxyl groups excluding tert-OH is 2. The molecule has 0 atom stereocenters. The van der Waals surface area contributed by atoms with E-state index in [0.717, 1.165) is 19.5 Å². The molecule has 0 bridgehead atoms. The molecule has 0 aromatic rings. The maximum Gasteiger partial charge on any atom is 0.221 e. The Morgan fingerprint density at radius 2 is 1.62 bits per heavy atom. The van der Waals surface area contributed by atoms with Gasteiger partial charge in [-0.2, -0.15) is 0 Å². The van der Waals surface area contributed by atoms with Crippen molar-refractivity contribution in [3.05, 3.63) is 0 Å². The normalized spacial score (nSPS) is 12.7. The average molecular weight is 346 g/mol. The first-order valence-electron chi connectivity index (χ1n) is 9.01. The lowest BCUT2D eigenvalue weighted by Gasteiger charge is -2.32. The fourth-order valence-electron chi connectivity index (χ4n) is 3.10. The molecule has 0 saturated carbocycles. The predicted octanol–water partition coefficient (Wildman–Crippen LogP) is 0.831. The molecule has 144 valence electrons. The molecular weight excluding hydrogens is 306 g/mol. The van der Waals surface area contributed by atoms with Gasteiger partial charge in [-0.1, -0.05) is 34.6 Å². The van der Waals surface area contributed by atoms with Crippen LogP contribution in [0.1, 0.15) is 47.5 Å². The Kier molecular flexibility index (Phi) is 11.5. The van der Waals surface area contributed by atoms with Crippen molar-refractivity contribution in [2.75, 3.05) is 52.5 Å². The maximum absolute atomic E-state index is 12.1. The number of hydrogen-bond acceptors (Lipinski definition) is 5. The van der Waals surface area contributed by atoms with Crippen LogP contribution in [0.5, 0.6) is 0 Å². The number of carbonyl (C=O) groups excluding carboxylic acids is 1. The van der Waals surface area contributed by atoms with E-state index in [1.807, 2.05) is 0 Å². The van der Waals surface area contributed by atoms with Crippen LogP contribution in [-0.2, 0) is 4.79 Å². The highest BCUT2D eigenvalue weighted by atomic mass is 16.3. The van der Waals surface area contributed by atoms with Crippen LogP contribution >= 0.6 is 0 Å². The molecule has 0 radical (unpaired) electrons. The lowest BCUT2D eigenvalue weighted by atomic mass is 9.76. The van der Waals surface area contributed by atoms with E-state index < -0.39 is 0 Å². The van der Waals surface area contributed by atoms with Crippen LogP contribution in [0.15, 0.2) is 0 Å². The van der Waals surface area contributed by atoms with Crippen molar-refractivity contribution in [1.29, 1.82) is 0 Å². The molecule has 6 heteroatoms. The molecule has 0 rings (SSSR count). The molecule has 0 aliphatic heterocycles. The van der Waals surface area contributed by atoms with E-state index in [2.05, 4.69) is 50.2 Å². The van der Waals surface area contributed by atoms with Gasteiger partial charge in [0.25, 0.3) is 0 Å². The standard InChI is InChI=1S/C18H39N3O3/c1-17(2,3)14-18(4,5)15-20-16(24)6-9-21(11-13-23)10-7-19-8-12-22/h19,22-23H,6-15H2,1-5H3,(H,20,24). The van der Waals surface area contributed by atoms with Crippen molar-refractivity contribution in [2.45, 2.75) is 47.5 Å². The topological polar surface area (TPSA) is 84.8 Å². The highest BCUT2D eigenvalue weighted by Gasteiger charge is 2.25. The molecule has 0 aliphatic rings. The van der Waals surface area contributed by atoms with Gasteiger partial charge in [0.1, 0.15) is 0 Å². The van der Waals surface area contributed by atoms with Crippen molar-refractivity contribution in [3.8, 4) is 0 Å². The lowest BCUT2D eigenvalue weighted by Crippen LogP contribution is -2.39. The van der Waals surface area contributed by atoms with Crippen LogP contribution in [0.3, 0.4) is 0 Å². The van der Waals surface area contributed by atoms with E-state index in [9.17, 15) is 4.79 Å². The third kappa shape index (κ3) is 13.7. The van der Waals surface area contributed by atoms with E-state index in [4.69, 9.17) is 10.2 Å². The van der Waals surface area contributed by atoms with Gasteiger partial charge in [-0.3, -0.25) is 9.69 Å². The number of nitrogens with one attached hydrogen (secondary N) is 2. The summed E-state index contributed by atoms with van der Waals surface area (Å²) in [7, 11) is 0. The largest absolute Gasteiger partial charge is 0.395 e. The van der Waals surface area contributed by atoms with Crippen molar-refractivity contribution >= 4 is 5.91 Å². The molecule has 0 aromatic carbocycles. The van der Waals surface area contributed by atoms with Gasteiger partial charge in [0.05, 0.1) is 13.2 Å². The molecule has 6 nitrogen and oxygen atoms in total. The molecule has 0 aliphatic carbocycles. The van der Waals surface area contributed by atoms with E-state index in [1.54, 1.807) is 0 Å². The van der Waals surface area contributed by atoms with Crippen molar-refractivity contribution in [3.63, 3.8) is 0 Å². The van der Waals surface area contributed by atoms with Crippen molar-refractivity contribution in [2.24, 2.45) is 10.8 Å². The summed E-state index contributed by atoms with van der Waals surface area (Å²) >= 11 is 0. The Labute approximate surface area is 148 Å². The van der Waals surface area contributed by atoms with Gasteiger partial charge in [0.15, 0.2) is 0 Å². The maximum atomic E-state index is 12.1. The summed E-state index contributed by atoms with van der Waals surface area (Å²) in [5.74, 6) is 0.0586. The number of hydrogen-bond donors (Lipinski definition) is 4. The highest BCUT2D eigenvalue weighted by molar-refractivity contribution is 5.76. The molecule has 0 unspecified atom stereocenters. The van der Waals surface area contributed by atoms with Crippen molar-refractivity contribution < 1.29 is 15.0 Å². The molecule has 0 saturated heterocycles. The molecule has 0 heterocycles. The van der Waals surface area contributed by atoms with Crippen LogP contribution in [0.4, 0.5) is 0 Å². The molecule has 0 spiro atoms. The lowest BCUT2D eigenvalue weighted by molar-refractivity contribution is -0.122. The number of amides is 1. The van der Waals surface area contributed by atoms with Crippen LogP contribution in [0.2, 0.25) is 0 Å². The van der Waals surface area contributed by atoms with E-state index in [1.165, 1.54) is 0 Å². The third-order valence-corrected chi connectivity index (χ3v) is 3.74. The van der Waals surface area contributed by atoms with Crippen LogP contribution in [0, 0.1) is 10.8 Å². The second kappa shape index (κ2) is 11.8. The zero-order chi connectivity index (χ0) is 18.6. The molecular formula is C18H39N3O3. The zero-order valence-corrected chi connectivity index (χ0v) is 16.3. The molecule has 0 fully saturated rings. The highest BCUT2D eigenvalue weighted by Crippen LogP contribution is 2.32. The van der Waals surface area contributed by atoms with Gasteiger partial charge in [-0.05, 0) is 17.3 Å². The summed E-state index contributed by atoms with van der Waals surface area (Å²) in [4.78, 5) is 14.2. The second-order valence-corrected chi connectivity index (χ2v) is 8.47. The Morgan fingerprint density at radius 3 is 2.17 bits per heavy atom. The summed E-state index contributed by atoms with van der Waals surface area (Å²) in [6, 6.07) is 0. The molecule has 1 amide bonds. The first kappa shape index (κ1) is 23.3. The molecule has 24 heavy (non-hydrogen) atoms. The van der Waals surface area contributed by atoms with Gasteiger partial charge in [0.2, 0.25) is 5.91 Å². The van der Waals surface area contributed by atoms with E-state index in [-0.39, 0.29) is 30.0 Å². The summed E-state index contributed by atoms with van der Waals surface area (Å²) in [6.07, 6.45) is 1.49. The quantitative estimate of drug-likeness (QED) is 0.372. The Bertz CT molecular complexity index is 341. The Hall–Kier alpha value is -0.690. The van der Waals surface area contributed by atoms with Crippen LogP contribution in [0.25, 0.3) is 0 Å². The number of rotatable bonds is 13. The predicted molar refractivity (Wildman–Crippen MR) is 99.0 cm³/mol. The fraction of sp³-hybridized carbons (Fsp3) is 0.944. The number of nitrogens with zero attached hydrogens (tertiary/aromatic N) is 1. The summed E-state index contributed by atoms with van der Waals surface area (Å²) in [6.45, 7) is 15.1. The Balaban J connectivity index is 4.10. The summed E-state index contributed by atoms with van der Waals surface area (Å²) in [5, 5.41) is 24.0. The van der Waals surface area contributed by atoms with Gasteiger partial charge in [-0.25, -0.2) is 0 Å². The SMILES string of the molecule is CC(C)(C)CC(C)(C)CNC(=O)CCN(CCO)CCNCCO. The van der Waals surface area contributed by atoms with E-state index in [0.29, 0.717) is 32.6 Å². The van der Waals surface area contributed by atoms with Gasteiger partial charge in [0, 0.05) is 45.7 Å². The fourth-order valence-corrected chi connectivity index (χ4v) is 3.10. The third-order valence-electron chi connectivity index (χ3n) is 3.74. The van der Waals surface area contributed by atoms with Crippen LogP contribution in [-0.4, -0.2) is 73.5 Å². The molecule has 0 aromatic heterocycles. The number of aliphatic hydroxyl groups is 2. The second-order valence-electron chi connectivity index (χ2n) is 8.47. The van der Waals surface area contributed by atoms with E-state index >= 15 is 0 Å². The average Bonchev–Trinajstić information content (AvgIpc) is 2.44. The Morgan fingerprint density at radius 1 is 0.958 bits per heavy atom. The minimum Gasteiger partial charge on any atom is -0.395 e. The smallest absolute Gasteiger partial charge is 0.221 e. The zero-order valence-electron chi connectivity index (χ0n) is 16.3. The molecule has 4 N–H and O–H groups in total. The monoisotopic (exact) mass is 345 g/mol. The summed E-state index contributed by atoms with van der Waals surface area (Å²) < 4.78 is 0. The first-order chi connectivity index (χ1) is 11.1. The van der Waals surface area contributed by atoms with Gasteiger partial charge >= 0.3 is 0 Å². The number of carbonyl (C=O) groups is 1. The minimum atomic E-state index is 0.0586. The first-order valence-corrected chi connectivity index (χ1v) is 9.01. The summed E-state index contributed by atoms with van der Waals surface area (Å²) in [5.41, 5.74) is 0.320. The van der Waals surface area contributed by atoms with Gasteiger partial charge in [-0.15, -0.1) is 0 Å². The minimum absolute atomic E-state index is 0.0586. The van der Waals surface area contributed by atoms with Gasteiger partial charge < -0.3 is 20.8 Å². The van der Waals surface area contributed by atoms with Crippen LogP contribution < -0.4 is 10.6 Å². The van der Waals surface area contributed by atoms with Crippen molar-refractivity contribution in [1.82, 2.24) is 15.5 Å².